The van der Waals surface area contributed by atoms with E-state index < -0.39 is 0 Å². The van der Waals surface area contributed by atoms with Crippen LogP contribution in [0.2, 0.25) is 5.02 Å². The molecule has 3 rings (SSSR count). The highest BCUT2D eigenvalue weighted by Crippen LogP contribution is 2.32. The Kier molecular flexibility index (Phi) is 6.20. The van der Waals surface area contributed by atoms with Crippen LogP contribution < -0.4 is 20.1 Å². The van der Waals surface area contributed by atoms with Crippen LogP contribution in [0, 0.1) is 0 Å². The number of methoxy groups -OCH3 is 1. The summed E-state index contributed by atoms with van der Waals surface area (Å²) in [7, 11) is 3.41. The second kappa shape index (κ2) is 8.78. The van der Waals surface area contributed by atoms with Crippen LogP contribution in [-0.2, 0) is 11.3 Å². The van der Waals surface area contributed by atoms with Gasteiger partial charge < -0.3 is 24.8 Å². The van der Waals surface area contributed by atoms with Crippen molar-refractivity contribution in [1.82, 2.24) is 10.6 Å². The van der Waals surface area contributed by atoms with E-state index in [1.165, 1.54) is 0 Å². The number of guanidine groups is 1. The lowest BCUT2D eigenvalue weighted by Crippen LogP contribution is -2.39. The first-order valence-corrected chi connectivity index (χ1v) is 8.68. The monoisotopic (exact) mass is 375 g/mol. The van der Waals surface area contributed by atoms with Gasteiger partial charge >= 0.3 is 0 Å². The van der Waals surface area contributed by atoms with E-state index in [4.69, 9.17) is 25.8 Å². The lowest BCUT2D eigenvalue weighted by Gasteiger charge is -2.19. The predicted molar refractivity (Wildman–Crippen MR) is 102 cm³/mol. The molecule has 0 fully saturated rings. The van der Waals surface area contributed by atoms with Crippen LogP contribution >= 0.6 is 11.6 Å². The van der Waals surface area contributed by atoms with E-state index >= 15 is 0 Å². The molecule has 0 aromatic heterocycles. The standard InChI is InChI=1S/C19H22ClN3O3/c1-21-19(22-10-13-6-7-16-17(8-13)26-12-25-16)23-11-18(24-2)14-4-3-5-15(20)9-14/h3-9,18H,10-12H2,1-2H3,(H2,21,22,23). The second-order valence-corrected chi connectivity index (χ2v) is 6.21. The van der Waals surface area contributed by atoms with Crippen LogP contribution in [0.3, 0.4) is 0 Å². The van der Waals surface area contributed by atoms with Gasteiger partial charge in [0.05, 0.1) is 6.10 Å². The Balaban J connectivity index is 1.54. The number of fused-ring (bicyclic) bond motifs is 1. The molecule has 2 N–H and O–H groups in total. The molecule has 1 unspecified atom stereocenters. The van der Waals surface area contributed by atoms with Crippen molar-refractivity contribution in [3.63, 3.8) is 0 Å². The average molecular weight is 376 g/mol. The van der Waals surface area contributed by atoms with Crippen LogP contribution in [0.4, 0.5) is 0 Å². The van der Waals surface area contributed by atoms with Crippen molar-refractivity contribution in [2.75, 3.05) is 27.5 Å². The van der Waals surface area contributed by atoms with E-state index in [-0.39, 0.29) is 12.9 Å². The summed E-state index contributed by atoms with van der Waals surface area (Å²) in [4.78, 5) is 4.25. The summed E-state index contributed by atoms with van der Waals surface area (Å²) in [6, 6.07) is 13.5. The van der Waals surface area contributed by atoms with Gasteiger partial charge in [0.15, 0.2) is 17.5 Å². The van der Waals surface area contributed by atoms with Gasteiger partial charge in [-0.15, -0.1) is 0 Å². The molecule has 7 heteroatoms. The molecular weight excluding hydrogens is 354 g/mol. The van der Waals surface area contributed by atoms with Gasteiger partial charge in [0, 0.05) is 32.3 Å². The lowest BCUT2D eigenvalue weighted by molar-refractivity contribution is 0.106. The van der Waals surface area contributed by atoms with Gasteiger partial charge in [-0.05, 0) is 35.4 Å². The van der Waals surface area contributed by atoms with E-state index in [1.807, 2.05) is 42.5 Å². The highest BCUT2D eigenvalue weighted by Gasteiger charge is 2.14. The third kappa shape index (κ3) is 4.59. The normalized spacial score (nSPS) is 14.2. The summed E-state index contributed by atoms with van der Waals surface area (Å²) in [5.74, 6) is 2.24. The summed E-state index contributed by atoms with van der Waals surface area (Å²) in [5, 5.41) is 7.25. The molecule has 0 saturated heterocycles. The van der Waals surface area contributed by atoms with Crippen molar-refractivity contribution in [1.29, 1.82) is 0 Å². The zero-order valence-electron chi connectivity index (χ0n) is 14.8. The molecule has 2 aromatic rings. The van der Waals surface area contributed by atoms with Gasteiger partial charge in [-0.2, -0.15) is 0 Å². The minimum Gasteiger partial charge on any atom is -0.454 e. The lowest BCUT2D eigenvalue weighted by atomic mass is 10.1. The third-order valence-electron chi connectivity index (χ3n) is 4.08. The van der Waals surface area contributed by atoms with Crippen LogP contribution in [0.25, 0.3) is 0 Å². The number of hydrogen-bond donors (Lipinski definition) is 2. The molecule has 1 aliphatic rings. The van der Waals surface area contributed by atoms with Crippen molar-refractivity contribution < 1.29 is 14.2 Å². The van der Waals surface area contributed by atoms with Crippen molar-refractivity contribution in [3.05, 3.63) is 58.6 Å². The van der Waals surface area contributed by atoms with E-state index in [0.717, 1.165) is 22.6 Å². The van der Waals surface area contributed by atoms with Gasteiger partial charge in [-0.3, -0.25) is 4.99 Å². The number of halogens is 1. The molecular formula is C19H22ClN3O3. The maximum absolute atomic E-state index is 6.06. The second-order valence-electron chi connectivity index (χ2n) is 5.77. The summed E-state index contributed by atoms with van der Waals surface area (Å²) in [6.07, 6.45) is -0.127. The van der Waals surface area contributed by atoms with Gasteiger partial charge in [-0.1, -0.05) is 29.8 Å². The molecule has 6 nitrogen and oxygen atoms in total. The van der Waals surface area contributed by atoms with Crippen LogP contribution in [0.1, 0.15) is 17.2 Å². The zero-order valence-corrected chi connectivity index (χ0v) is 15.5. The fourth-order valence-electron chi connectivity index (χ4n) is 2.69. The molecule has 0 aliphatic carbocycles. The highest BCUT2D eigenvalue weighted by atomic mass is 35.5. The molecule has 0 saturated carbocycles. The Hall–Kier alpha value is -2.44. The molecule has 1 aliphatic heterocycles. The maximum atomic E-state index is 6.06. The predicted octanol–water partition coefficient (Wildman–Crippen LogP) is 3.12. The summed E-state index contributed by atoms with van der Waals surface area (Å²) in [5.41, 5.74) is 2.09. The molecule has 1 atom stereocenters. The number of hydrogen-bond acceptors (Lipinski definition) is 4. The van der Waals surface area contributed by atoms with Crippen molar-refractivity contribution in [2.24, 2.45) is 4.99 Å². The summed E-state index contributed by atoms with van der Waals surface area (Å²) < 4.78 is 16.3. The van der Waals surface area contributed by atoms with Crippen molar-refractivity contribution >= 4 is 17.6 Å². The number of aliphatic imine (C=N–C) groups is 1. The third-order valence-corrected chi connectivity index (χ3v) is 4.32. The van der Waals surface area contributed by atoms with Gasteiger partial charge in [0.2, 0.25) is 6.79 Å². The Morgan fingerprint density at radius 2 is 2.04 bits per heavy atom. The van der Waals surface area contributed by atoms with Crippen molar-refractivity contribution in [3.8, 4) is 11.5 Å². The molecule has 0 bridgehead atoms. The number of nitrogens with zero attached hydrogens (tertiary/aromatic N) is 1. The van der Waals surface area contributed by atoms with Gasteiger partial charge in [0.1, 0.15) is 0 Å². The van der Waals surface area contributed by atoms with Crippen LogP contribution in [0.5, 0.6) is 11.5 Å². The number of nitrogens with one attached hydrogen (secondary N) is 2. The van der Waals surface area contributed by atoms with E-state index in [2.05, 4.69) is 15.6 Å². The largest absolute Gasteiger partial charge is 0.454 e. The number of rotatable bonds is 6. The highest BCUT2D eigenvalue weighted by molar-refractivity contribution is 6.30. The Labute approximate surface area is 158 Å². The topological polar surface area (TPSA) is 64.1 Å². The van der Waals surface area contributed by atoms with Crippen LogP contribution in [0.15, 0.2) is 47.5 Å². The minimum atomic E-state index is -0.127. The average Bonchev–Trinajstić information content (AvgIpc) is 3.12. The molecule has 26 heavy (non-hydrogen) atoms. The minimum absolute atomic E-state index is 0.127. The zero-order chi connectivity index (χ0) is 18.4. The summed E-state index contributed by atoms with van der Waals surface area (Å²) in [6.45, 7) is 1.46. The molecule has 0 spiro atoms. The quantitative estimate of drug-likeness (QED) is 0.600. The fourth-order valence-corrected chi connectivity index (χ4v) is 2.89. The van der Waals surface area contributed by atoms with E-state index in [0.29, 0.717) is 24.1 Å². The Morgan fingerprint density at radius 3 is 2.81 bits per heavy atom. The molecule has 0 amide bonds. The van der Waals surface area contributed by atoms with E-state index in [9.17, 15) is 0 Å². The molecule has 2 aromatic carbocycles. The van der Waals surface area contributed by atoms with Gasteiger partial charge in [-0.25, -0.2) is 0 Å². The first-order valence-electron chi connectivity index (χ1n) is 8.31. The Bertz CT molecular complexity index is 782. The number of ether oxygens (including phenoxy) is 3. The first-order chi connectivity index (χ1) is 12.7. The van der Waals surface area contributed by atoms with Gasteiger partial charge in [0.25, 0.3) is 0 Å². The smallest absolute Gasteiger partial charge is 0.231 e. The number of benzene rings is 2. The van der Waals surface area contributed by atoms with Crippen molar-refractivity contribution in [2.45, 2.75) is 12.6 Å². The molecule has 1 heterocycles. The summed E-state index contributed by atoms with van der Waals surface area (Å²) >= 11 is 6.06. The van der Waals surface area contributed by atoms with E-state index in [1.54, 1.807) is 14.2 Å². The first kappa shape index (κ1) is 18.4. The fraction of sp³-hybridized carbons (Fsp3) is 0.316. The molecule has 138 valence electrons. The maximum Gasteiger partial charge on any atom is 0.231 e. The molecule has 0 radical (unpaired) electrons. The van der Waals surface area contributed by atoms with Crippen LogP contribution in [-0.4, -0.2) is 33.5 Å². The Morgan fingerprint density at radius 1 is 1.19 bits per heavy atom. The SMILES string of the molecule is CN=C(NCc1ccc2c(c1)OCO2)NCC(OC)c1cccc(Cl)c1.